The van der Waals surface area contributed by atoms with Crippen molar-refractivity contribution < 1.29 is 36.0 Å². The Balaban J connectivity index is 2.23. The fraction of sp³-hybridized carbons (Fsp3) is 0.0588. The topological polar surface area (TPSA) is 248 Å². The molecule has 0 amide bonds. The maximum Gasteiger partial charge on any atom is 0.297 e. The first-order chi connectivity index (χ1) is 15.8. The van der Waals surface area contributed by atoms with Crippen molar-refractivity contribution >= 4 is 59.4 Å². The van der Waals surface area contributed by atoms with Gasteiger partial charge < -0.3 is 10.8 Å². The molecule has 0 saturated heterocycles. The number of hydrogen-bond donors (Lipinski definition) is 4. The number of azo groups is 2. The Morgan fingerprint density at radius 3 is 2.06 bits per heavy atom. The lowest BCUT2D eigenvalue weighted by molar-refractivity contribution is -0.385. The van der Waals surface area contributed by atoms with Crippen molar-refractivity contribution in [1.29, 1.82) is 0 Å². The van der Waals surface area contributed by atoms with E-state index in [9.17, 15) is 41.2 Å². The molecule has 0 spiro atoms. The Morgan fingerprint density at radius 1 is 0.912 bits per heavy atom. The first-order valence-electron chi connectivity index (χ1n) is 8.79. The van der Waals surface area contributed by atoms with Gasteiger partial charge in [0.25, 0.3) is 25.9 Å². The van der Waals surface area contributed by atoms with Gasteiger partial charge in [-0.25, -0.2) is 0 Å². The van der Waals surface area contributed by atoms with Crippen molar-refractivity contribution in [3.63, 3.8) is 0 Å². The predicted molar refractivity (Wildman–Crippen MR) is 117 cm³/mol. The maximum absolute atomic E-state index is 11.7. The van der Waals surface area contributed by atoms with Gasteiger partial charge in [-0.1, -0.05) is 6.07 Å². The maximum atomic E-state index is 11.7. The number of hydrogen-bond acceptors (Lipinski definition) is 12. The van der Waals surface area contributed by atoms with Crippen molar-refractivity contribution in [2.45, 2.75) is 9.79 Å². The zero-order valence-electron chi connectivity index (χ0n) is 16.9. The van der Waals surface area contributed by atoms with Crippen LogP contribution in [0.2, 0.25) is 0 Å². The van der Waals surface area contributed by atoms with Crippen LogP contribution in [0.4, 0.5) is 28.4 Å². The number of nitro benzene ring substituents is 1. The van der Waals surface area contributed by atoms with Gasteiger partial charge in [0.15, 0.2) is 5.75 Å². The van der Waals surface area contributed by atoms with Gasteiger partial charge in [-0.15, -0.1) is 10.2 Å². The fourth-order valence-electron chi connectivity index (χ4n) is 2.95. The van der Waals surface area contributed by atoms with E-state index in [0.717, 1.165) is 18.2 Å². The van der Waals surface area contributed by atoms with Crippen LogP contribution < -0.4 is 5.73 Å². The lowest BCUT2D eigenvalue weighted by Crippen LogP contribution is -2.01. The van der Waals surface area contributed by atoms with E-state index < -0.39 is 57.8 Å². The Bertz CT molecular complexity index is 1620. The molecule has 0 heterocycles. The minimum atomic E-state index is -4.92. The summed E-state index contributed by atoms with van der Waals surface area (Å²) >= 11 is 0. The van der Waals surface area contributed by atoms with Gasteiger partial charge >= 0.3 is 0 Å². The monoisotopic (exact) mass is 510 g/mol. The summed E-state index contributed by atoms with van der Waals surface area (Å²) < 4.78 is 65.5. The average molecular weight is 510 g/mol. The van der Waals surface area contributed by atoms with Crippen LogP contribution in [0.1, 0.15) is 0 Å². The number of non-ortho nitro benzene ring substituents is 1. The van der Waals surface area contributed by atoms with Crippen LogP contribution in [-0.2, 0) is 20.2 Å². The summed E-state index contributed by atoms with van der Waals surface area (Å²) in [6, 6.07) is 5.89. The molecular formula is C17H14N6O9S2. The molecule has 3 aromatic rings. The average Bonchev–Trinajstić information content (AvgIpc) is 2.73. The number of benzene rings is 3. The molecule has 0 aliphatic carbocycles. The quantitative estimate of drug-likeness (QED) is 0.123. The van der Waals surface area contributed by atoms with Crippen LogP contribution in [0.25, 0.3) is 10.8 Å². The Hall–Kier alpha value is -4.06. The number of phenolic OH excluding ortho intramolecular Hbond substituents is 1. The summed E-state index contributed by atoms with van der Waals surface area (Å²) in [4.78, 5) is 8.47. The van der Waals surface area contributed by atoms with Crippen molar-refractivity contribution in [3.8, 4) is 5.75 Å². The molecule has 5 N–H and O–H groups in total. The second-order valence-corrected chi connectivity index (χ2v) is 9.31. The van der Waals surface area contributed by atoms with Crippen LogP contribution in [0.15, 0.2) is 66.6 Å². The fourth-order valence-corrected chi connectivity index (χ4v) is 4.27. The van der Waals surface area contributed by atoms with Crippen LogP contribution in [0.3, 0.4) is 0 Å². The van der Waals surface area contributed by atoms with Gasteiger partial charge in [-0.05, 0) is 23.6 Å². The van der Waals surface area contributed by atoms with E-state index >= 15 is 0 Å². The molecular weight excluding hydrogens is 496 g/mol. The van der Waals surface area contributed by atoms with Gasteiger partial charge in [-0.3, -0.25) is 19.2 Å². The molecule has 0 aliphatic rings. The van der Waals surface area contributed by atoms with E-state index in [2.05, 4.69) is 20.5 Å². The molecule has 0 radical (unpaired) electrons. The first-order valence-corrected chi connectivity index (χ1v) is 11.7. The summed E-state index contributed by atoms with van der Waals surface area (Å²) in [7, 11) is -8.45. The number of anilines is 1. The lowest BCUT2D eigenvalue weighted by Gasteiger charge is -2.11. The highest BCUT2D eigenvalue weighted by Gasteiger charge is 2.24. The molecule has 178 valence electrons. The third-order valence-electron chi connectivity index (χ3n) is 4.41. The molecule has 0 bridgehead atoms. The van der Waals surface area contributed by atoms with Crippen LogP contribution in [-0.4, -0.2) is 43.0 Å². The number of rotatable bonds is 6. The zero-order chi connectivity index (χ0) is 25.4. The molecule has 0 unspecified atom stereocenters. The summed E-state index contributed by atoms with van der Waals surface area (Å²) in [5, 5.41) is 35.9. The molecule has 3 aromatic carbocycles. The van der Waals surface area contributed by atoms with Gasteiger partial charge in [0.05, 0.1) is 16.0 Å². The van der Waals surface area contributed by atoms with Crippen molar-refractivity contribution in [3.05, 3.63) is 46.5 Å². The smallest absolute Gasteiger partial charge is 0.297 e. The normalized spacial score (nSPS) is 12.7. The third-order valence-corrected chi connectivity index (χ3v) is 6.16. The van der Waals surface area contributed by atoms with Gasteiger partial charge in [0, 0.05) is 19.2 Å². The minimum Gasteiger partial charge on any atom is -0.505 e. The number of nitrogen functional groups attached to an aromatic ring is 1. The number of fused-ring (bicyclic) bond motifs is 1. The van der Waals surface area contributed by atoms with Crippen LogP contribution in [0, 0.1) is 10.1 Å². The van der Waals surface area contributed by atoms with E-state index in [0.29, 0.717) is 6.07 Å². The zero-order valence-corrected chi connectivity index (χ0v) is 18.5. The molecule has 3 rings (SSSR count). The molecule has 17 heteroatoms. The summed E-state index contributed by atoms with van der Waals surface area (Å²) in [5.74, 6) is -0.608. The molecule has 0 aliphatic heterocycles. The highest BCUT2D eigenvalue weighted by molar-refractivity contribution is 7.86. The van der Waals surface area contributed by atoms with Gasteiger partial charge in [-0.2, -0.15) is 27.1 Å². The van der Waals surface area contributed by atoms with E-state index in [4.69, 9.17) is 5.73 Å². The molecule has 0 saturated carbocycles. The van der Waals surface area contributed by atoms with E-state index in [1.165, 1.54) is 19.2 Å². The number of aromatic hydroxyl groups is 1. The SMILES string of the molecule is CN=Nc1c(S(=O)(=O)O)cc2ccc(N=Nc3ccc([N+](=O)[O-])cc3S(=O)(=O)O)c(O)c2c1N. The predicted octanol–water partition coefficient (Wildman–Crippen LogP) is 3.66. The molecule has 0 fully saturated rings. The Kier molecular flexibility index (Phi) is 6.29. The standard InChI is InChI=1S/C17H14N6O9S2/c1-19-22-16-13(34(30,31)32)6-8-2-4-11(17(24)14(8)15(16)18)21-20-10-5-3-9(23(25)26)7-12(10)33(27,28)29/h2-7,24H,18H2,1H3,(H,27,28,29)(H,30,31,32). The number of phenols is 1. The van der Waals surface area contributed by atoms with Gasteiger partial charge in [0.1, 0.15) is 26.9 Å². The largest absolute Gasteiger partial charge is 0.505 e. The van der Waals surface area contributed by atoms with Crippen LogP contribution >= 0.6 is 0 Å². The highest BCUT2D eigenvalue weighted by atomic mass is 32.2. The molecule has 15 nitrogen and oxygen atoms in total. The van der Waals surface area contributed by atoms with E-state index in [1.807, 2.05) is 0 Å². The highest BCUT2D eigenvalue weighted by Crippen LogP contribution is 2.45. The lowest BCUT2D eigenvalue weighted by atomic mass is 10.1. The van der Waals surface area contributed by atoms with Gasteiger partial charge in [0.2, 0.25) is 0 Å². The minimum absolute atomic E-state index is 0.0746. The molecule has 0 aromatic heterocycles. The van der Waals surface area contributed by atoms with Crippen molar-refractivity contribution in [2.24, 2.45) is 20.5 Å². The Labute approximate surface area is 190 Å². The Morgan fingerprint density at radius 2 is 1.50 bits per heavy atom. The number of nitro groups is 1. The second-order valence-electron chi connectivity index (χ2n) is 6.53. The number of nitrogens with two attached hydrogens (primary N) is 1. The summed E-state index contributed by atoms with van der Waals surface area (Å²) in [5.41, 5.74) is 3.81. The third kappa shape index (κ3) is 4.66. The van der Waals surface area contributed by atoms with Crippen LogP contribution in [0.5, 0.6) is 5.75 Å². The first kappa shape index (κ1) is 24.6. The number of nitrogens with zero attached hydrogens (tertiary/aromatic N) is 5. The summed E-state index contributed by atoms with van der Waals surface area (Å²) in [6.45, 7) is 0. The van der Waals surface area contributed by atoms with E-state index in [-0.39, 0.29) is 22.1 Å². The molecule has 0 atom stereocenters. The second kappa shape index (κ2) is 8.71. The van der Waals surface area contributed by atoms with Crippen molar-refractivity contribution in [1.82, 2.24) is 0 Å². The molecule has 34 heavy (non-hydrogen) atoms. The summed E-state index contributed by atoms with van der Waals surface area (Å²) in [6.07, 6.45) is 0. The van der Waals surface area contributed by atoms with Crippen molar-refractivity contribution in [2.75, 3.05) is 12.8 Å². The van der Waals surface area contributed by atoms with E-state index in [1.54, 1.807) is 0 Å².